The number of fused-ring (bicyclic) bond motifs is 1. The van der Waals surface area contributed by atoms with E-state index in [-0.39, 0.29) is 24.5 Å². The number of amides is 2. The van der Waals surface area contributed by atoms with Crippen molar-refractivity contribution >= 4 is 11.8 Å². The van der Waals surface area contributed by atoms with E-state index < -0.39 is 0 Å². The summed E-state index contributed by atoms with van der Waals surface area (Å²) in [6.45, 7) is 2.12. The van der Waals surface area contributed by atoms with E-state index in [4.69, 9.17) is 14.2 Å². The molecule has 2 heterocycles. The molecule has 1 fully saturated rings. The van der Waals surface area contributed by atoms with Gasteiger partial charge in [-0.2, -0.15) is 0 Å². The Balaban J connectivity index is 1.28. The maximum absolute atomic E-state index is 12.9. The molecule has 1 saturated heterocycles. The molecule has 2 aromatic rings. The van der Waals surface area contributed by atoms with Crippen LogP contribution in [0.15, 0.2) is 42.5 Å². The summed E-state index contributed by atoms with van der Waals surface area (Å²) in [6, 6.07) is 12.8. The fourth-order valence-electron chi connectivity index (χ4n) is 3.88. The number of rotatable bonds is 6. The summed E-state index contributed by atoms with van der Waals surface area (Å²) in [5, 5.41) is 3.02. The van der Waals surface area contributed by atoms with Crippen molar-refractivity contribution in [2.45, 2.75) is 19.3 Å². The second-order valence-corrected chi connectivity index (χ2v) is 7.66. The molecule has 2 aliphatic rings. The smallest absolute Gasteiger partial charge is 0.254 e. The Hall–Kier alpha value is -3.22. The van der Waals surface area contributed by atoms with Gasteiger partial charge in [0.25, 0.3) is 5.91 Å². The van der Waals surface area contributed by atoms with Gasteiger partial charge in [0.15, 0.2) is 11.5 Å². The molecule has 7 nitrogen and oxygen atoms in total. The highest BCUT2D eigenvalue weighted by molar-refractivity contribution is 5.95. The lowest BCUT2D eigenvalue weighted by Crippen LogP contribution is -2.43. The minimum Gasteiger partial charge on any atom is -0.497 e. The number of carbonyl (C=O) groups is 2. The third kappa shape index (κ3) is 4.67. The molecule has 7 heteroatoms. The van der Waals surface area contributed by atoms with E-state index in [1.165, 1.54) is 0 Å². The van der Waals surface area contributed by atoms with E-state index >= 15 is 0 Å². The van der Waals surface area contributed by atoms with E-state index in [0.717, 1.165) is 30.7 Å². The van der Waals surface area contributed by atoms with Crippen LogP contribution in [0.25, 0.3) is 0 Å². The zero-order valence-electron chi connectivity index (χ0n) is 17.1. The van der Waals surface area contributed by atoms with Crippen molar-refractivity contribution in [1.82, 2.24) is 10.2 Å². The predicted octanol–water partition coefficient (Wildman–Crippen LogP) is 2.64. The molecule has 158 valence electrons. The molecule has 30 heavy (non-hydrogen) atoms. The van der Waals surface area contributed by atoms with Crippen LogP contribution in [0.2, 0.25) is 0 Å². The van der Waals surface area contributed by atoms with Crippen molar-refractivity contribution in [3.05, 3.63) is 53.6 Å². The monoisotopic (exact) mass is 410 g/mol. The number of carbonyl (C=O) groups excluding carboxylic acids is 2. The van der Waals surface area contributed by atoms with Crippen LogP contribution in [0.5, 0.6) is 17.2 Å². The highest BCUT2D eigenvalue weighted by Gasteiger charge is 2.26. The van der Waals surface area contributed by atoms with Crippen LogP contribution in [0.4, 0.5) is 0 Å². The highest BCUT2D eigenvalue weighted by atomic mass is 16.7. The third-order valence-corrected chi connectivity index (χ3v) is 5.54. The van der Waals surface area contributed by atoms with Gasteiger partial charge < -0.3 is 24.4 Å². The van der Waals surface area contributed by atoms with Crippen molar-refractivity contribution in [2.75, 3.05) is 33.5 Å². The molecule has 1 atom stereocenters. The van der Waals surface area contributed by atoms with Gasteiger partial charge in [-0.3, -0.25) is 9.59 Å². The number of benzene rings is 2. The molecular weight excluding hydrogens is 384 g/mol. The molecule has 0 saturated carbocycles. The first-order chi connectivity index (χ1) is 14.6. The molecule has 2 amide bonds. The number of hydrogen-bond acceptors (Lipinski definition) is 5. The summed E-state index contributed by atoms with van der Waals surface area (Å²) in [5.74, 6) is 2.27. The Bertz CT molecular complexity index is 912. The Morgan fingerprint density at radius 1 is 1.13 bits per heavy atom. The van der Waals surface area contributed by atoms with Crippen LogP contribution in [-0.4, -0.2) is 50.3 Å². The van der Waals surface area contributed by atoms with E-state index in [1.807, 2.05) is 29.2 Å². The molecular formula is C23H26N2O5. The van der Waals surface area contributed by atoms with Crippen LogP contribution >= 0.6 is 0 Å². The van der Waals surface area contributed by atoms with Gasteiger partial charge in [-0.15, -0.1) is 0 Å². The first kappa shape index (κ1) is 20.1. The maximum atomic E-state index is 12.9. The Kier molecular flexibility index (Phi) is 6.07. The largest absolute Gasteiger partial charge is 0.497 e. The van der Waals surface area contributed by atoms with Crippen LogP contribution in [-0.2, 0) is 11.2 Å². The predicted molar refractivity (Wildman–Crippen MR) is 111 cm³/mol. The maximum Gasteiger partial charge on any atom is 0.254 e. The van der Waals surface area contributed by atoms with Crippen molar-refractivity contribution in [1.29, 1.82) is 0 Å². The van der Waals surface area contributed by atoms with Gasteiger partial charge in [0, 0.05) is 25.2 Å². The summed E-state index contributed by atoms with van der Waals surface area (Å²) >= 11 is 0. The van der Waals surface area contributed by atoms with Crippen molar-refractivity contribution in [2.24, 2.45) is 5.92 Å². The summed E-state index contributed by atoms with van der Waals surface area (Å²) < 4.78 is 15.8. The first-order valence-corrected chi connectivity index (χ1v) is 10.2. The number of nitrogens with zero attached hydrogens (tertiary/aromatic N) is 1. The van der Waals surface area contributed by atoms with E-state index in [0.29, 0.717) is 36.6 Å². The van der Waals surface area contributed by atoms with Gasteiger partial charge in [0.2, 0.25) is 12.7 Å². The molecule has 0 spiro atoms. The lowest BCUT2D eigenvalue weighted by molar-refractivity contribution is -0.120. The number of ether oxygens (including phenoxy) is 3. The van der Waals surface area contributed by atoms with Gasteiger partial charge in [-0.1, -0.05) is 12.1 Å². The van der Waals surface area contributed by atoms with Crippen LogP contribution in [0, 0.1) is 5.92 Å². The number of methoxy groups -OCH3 is 1. The lowest BCUT2D eigenvalue weighted by Gasteiger charge is -2.33. The quantitative estimate of drug-likeness (QED) is 0.792. The fourth-order valence-corrected chi connectivity index (χ4v) is 3.88. The molecule has 1 N–H and O–H groups in total. The van der Waals surface area contributed by atoms with E-state index in [9.17, 15) is 9.59 Å². The third-order valence-electron chi connectivity index (χ3n) is 5.54. The summed E-state index contributed by atoms with van der Waals surface area (Å²) in [7, 11) is 1.62. The molecule has 0 radical (unpaired) electrons. The second-order valence-electron chi connectivity index (χ2n) is 7.66. The average Bonchev–Trinajstić information content (AvgIpc) is 3.26. The lowest BCUT2D eigenvalue weighted by atomic mass is 9.97. The summed E-state index contributed by atoms with van der Waals surface area (Å²) in [5.41, 5.74) is 1.54. The normalized spacial score (nSPS) is 17.5. The molecule has 2 aromatic carbocycles. The van der Waals surface area contributed by atoms with Gasteiger partial charge in [0.1, 0.15) is 5.75 Å². The number of likely N-dealkylation sites (tertiary alicyclic amines) is 1. The Morgan fingerprint density at radius 3 is 2.73 bits per heavy atom. The number of piperidine rings is 1. The zero-order valence-corrected chi connectivity index (χ0v) is 17.1. The van der Waals surface area contributed by atoms with E-state index in [2.05, 4.69) is 5.32 Å². The highest BCUT2D eigenvalue weighted by Crippen LogP contribution is 2.33. The van der Waals surface area contributed by atoms with Crippen molar-refractivity contribution in [3.8, 4) is 17.2 Å². The van der Waals surface area contributed by atoms with Gasteiger partial charge in [0.05, 0.1) is 13.5 Å². The molecule has 0 aromatic heterocycles. The molecule has 2 aliphatic heterocycles. The zero-order chi connectivity index (χ0) is 20.9. The molecule has 0 bridgehead atoms. The van der Waals surface area contributed by atoms with E-state index in [1.54, 1.807) is 25.3 Å². The Labute approximate surface area is 175 Å². The SMILES string of the molecule is COc1ccc(CC(=O)NC[C@H]2CCCN(C(=O)c3ccc4c(c3)OCO4)C2)cc1. The number of hydrogen-bond donors (Lipinski definition) is 1. The first-order valence-electron chi connectivity index (χ1n) is 10.2. The van der Waals surface area contributed by atoms with Crippen LogP contribution in [0.1, 0.15) is 28.8 Å². The second kappa shape index (κ2) is 9.07. The minimum absolute atomic E-state index is 0.0115. The fraction of sp³-hybridized carbons (Fsp3) is 0.391. The number of nitrogens with one attached hydrogen (secondary N) is 1. The molecule has 0 aliphatic carbocycles. The van der Waals surface area contributed by atoms with Crippen molar-refractivity contribution < 1.29 is 23.8 Å². The summed E-state index contributed by atoms with van der Waals surface area (Å²) in [6.07, 6.45) is 2.25. The average molecular weight is 410 g/mol. The topological polar surface area (TPSA) is 77.1 Å². The Morgan fingerprint density at radius 2 is 1.93 bits per heavy atom. The van der Waals surface area contributed by atoms with Crippen LogP contribution < -0.4 is 19.5 Å². The van der Waals surface area contributed by atoms with Crippen LogP contribution in [0.3, 0.4) is 0 Å². The van der Waals surface area contributed by atoms with Gasteiger partial charge in [-0.05, 0) is 54.7 Å². The summed E-state index contributed by atoms with van der Waals surface area (Å²) in [4.78, 5) is 27.1. The standard InChI is InChI=1S/C23H26N2O5/c1-28-19-7-4-16(5-8-19)11-22(26)24-13-17-3-2-10-25(14-17)23(27)18-6-9-20-21(12-18)30-15-29-20/h4-9,12,17H,2-3,10-11,13-15H2,1H3,(H,24,26)/t17-/m1/s1. The molecule has 4 rings (SSSR count). The molecule has 0 unspecified atom stereocenters. The van der Waals surface area contributed by atoms with Gasteiger partial charge in [-0.25, -0.2) is 0 Å². The minimum atomic E-state index is -0.0145. The van der Waals surface area contributed by atoms with Gasteiger partial charge >= 0.3 is 0 Å². The van der Waals surface area contributed by atoms with Crippen molar-refractivity contribution in [3.63, 3.8) is 0 Å².